The molecule has 0 radical (unpaired) electrons. The summed E-state index contributed by atoms with van der Waals surface area (Å²) < 4.78 is 9.80. The quantitative estimate of drug-likeness (QED) is 0.255. The summed E-state index contributed by atoms with van der Waals surface area (Å²) >= 11 is 0. The summed E-state index contributed by atoms with van der Waals surface area (Å²) in [7, 11) is 0. The average molecular weight is 580 g/mol. The van der Waals surface area contributed by atoms with Gasteiger partial charge >= 0.3 is 5.97 Å². The predicted molar refractivity (Wildman–Crippen MR) is 162 cm³/mol. The molecule has 2 heterocycles. The van der Waals surface area contributed by atoms with Gasteiger partial charge in [0.2, 0.25) is 5.78 Å². The van der Waals surface area contributed by atoms with Crippen LogP contribution in [0.25, 0.3) is 16.9 Å². The van der Waals surface area contributed by atoms with Crippen molar-refractivity contribution in [3.8, 4) is 17.2 Å². The topological polar surface area (TPSA) is 123 Å². The number of ether oxygens (including phenoxy) is 1. The molecule has 9 nitrogen and oxygen atoms in total. The number of carboxylic acid groups (broad SMARTS) is 1. The normalized spacial score (nSPS) is 19.5. The molecule has 0 atom stereocenters. The third kappa shape index (κ3) is 5.48. The van der Waals surface area contributed by atoms with Crippen LogP contribution in [0.1, 0.15) is 86.7 Å². The van der Waals surface area contributed by atoms with Crippen molar-refractivity contribution in [3.05, 3.63) is 87.6 Å². The van der Waals surface area contributed by atoms with Crippen LogP contribution in [0.2, 0.25) is 0 Å². The Kier molecular flexibility index (Phi) is 8.13. The highest BCUT2D eigenvalue weighted by Gasteiger charge is 2.45. The van der Waals surface area contributed by atoms with Crippen molar-refractivity contribution in [1.29, 1.82) is 5.26 Å². The maximum Gasteiger partial charge on any atom is 0.311 e. The molecule has 1 N–H and O–H groups in total. The average Bonchev–Trinajstić information content (AvgIpc) is 3.48. The highest BCUT2D eigenvalue weighted by atomic mass is 16.5. The lowest BCUT2D eigenvalue weighted by Gasteiger charge is -2.39. The molecule has 2 aromatic heterocycles. The predicted octanol–water partition coefficient (Wildman–Crippen LogP) is 5.73. The molecule has 2 aliphatic carbocycles. The standard InChI is InChI=1S/C34H37N5O4/c1-2-6-30-29(19-23-9-11-24(12-10-23)28-8-4-3-7-25(28)20-35)31(40)38(33-36-22-37-39(30)33)26-13-15-27(16-14-26)43-21-34(32(41)42)17-5-18-34/h3-4,7-12,22,26-27H,2,5-6,13-19,21H2,1H3,(H,41,42). The SMILES string of the molecule is CCCc1c(Cc2ccc(-c3ccccc3C#N)cc2)c(=O)n(C2CCC(OCC3(C(=O)O)CCC3)CC2)c2ncnn12. The molecule has 0 aliphatic heterocycles. The number of aromatic nitrogens is 4. The van der Waals surface area contributed by atoms with Gasteiger partial charge in [0.1, 0.15) is 6.33 Å². The van der Waals surface area contributed by atoms with Crippen molar-refractivity contribution in [2.24, 2.45) is 5.41 Å². The van der Waals surface area contributed by atoms with E-state index in [1.807, 2.05) is 57.6 Å². The van der Waals surface area contributed by atoms with Crippen LogP contribution < -0.4 is 5.56 Å². The minimum atomic E-state index is -0.755. The molecule has 6 rings (SSSR count). The number of nitriles is 1. The summed E-state index contributed by atoms with van der Waals surface area (Å²) in [4.78, 5) is 30.5. The van der Waals surface area contributed by atoms with E-state index in [4.69, 9.17) is 4.74 Å². The van der Waals surface area contributed by atoms with Crippen LogP contribution in [0.15, 0.2) is 59.7 Å². The summed E-state index contributed by atoms with van der Waals surface area (Å²) in [5.41, 5.74) is 4.38. The molecule has 9 heteroatoms. The van der Waals surface area contributed by atoms with E-state index in [0.29, 0.717) is 37.0 Å². The van der Waals surface area contributed by atoms with E-state index in [0.717, 1.165) is 66.5 Å². The molecular weight excluding hydrogens is 542 g/mol. The molecule has 4 aromatic rings. The summed E-state index contributed by atoms with van der Waals surface area (Å²) in [5.74, 6) is -0.182. The number of carboxylic acids is 1. The van der Waals surface area contributed by atoms with Gasteiger partial charge in [0.05, 0.1) is 35.5 Å². The number of benzene rings is 2. The molecule has 0 amide bonds. The van der Waals surface area contributed by atoms with Crippen molar-refractivity contribution in [3.63, 3.8) is 0 Å². The Hall–Kier alpha value is -4.29. The van der Waals surface area contributed by atoms with Crippen molar-refractivity contribution >= 4 is 11.7 Å². The summed E-state index contributed by atoms with van der Waals surface area (Å²) in [6.45, 7) is 2.36. The van der Waals surface area contributed by atoms with Crippen molar-refractivity contribution in [2.45, 2.75) is 83.3 Å². The number of nitrogens with zero attached hydrogens (tertiary/aromatic N) is 5. The lowest BCUT2D eigenvalue weighted by molar-refractivity contribution is -0.163. The molecule has 222 valence electrons. The second kappa shape index (κ2) is 12.1. The summed E-state index contributed by atoms with van der Waals surface area (Å²) in [6.07, 6.45) is 8.93. The van der Waals surface area contributed by atoms with Gasteiger partial charge in [-0.05, 0) is 67.7 Å². The molecule has 0 spiro atoms. The Bertz CT molecular complexity index is 1720. The van der Waals surface area contributed by atoms with Gasteiger partial charge in [0.25, 0.3) is 5.56 Å². The number of aliphatic carboxylic acids is 1. The zero-order valence-electron chi connectivity index (χ0n) is 24.5. The Labute approximate surface area is 250 Å². The van der Waals surface area contributed by atoms with E-state index in [9.17, 15) is 20.0 Å². The first-order chi connectivity index (χ1) is 20.9. The van der Waals surface area contributed by atoms with Crippen molar-refractivity contribution in [2.75, 3.05) is 6.61 Å². The first kappa shape index (κ1) is 28.8. The van der Waals surface area contributed by atoms with Crippen LogP contribution in [-0.4, -0.2) is 43.0 Å². The van der Waals surface area contributed by atoms with Crippen LogP contribution in [0.5, 0.6) is 0 Å². The molecule has 2 fully saturated rings. The van der Waals surface area contributed by atoms with Crippen molar-refractivity contribution < 1.29 is 14.6 Å². The number of fused-ring (bicyclic) bond motifs is 1. The van der Waals surface area contributed by atoms with Gasteiger partial charge in [0, 0.05) is 18.0 Å². The van der Waals surface area contributed by atoms with Crippen LogP contribution in [0, 0.1) is 16.7 Å². The fourth-order valence-corrected chi connectivity index (χ4v) is 6.69. The minimum Gasteiger partial charge on any atom is -0.481 e. The Morgan fingerprint density at radius 2 is 1.86 bits per heavy atom. The third-order valence-electron chi connectivity index (χ3n) is 9.37. The molecule has 43 heavy (non-hydrogen) atoms. The zero-order valence-corrected chi connectivity index (χ0v) is 24.5. The first-order valence-electron chi connectivity index (χ1n) is 15.3. The fraction of sp³-hybridized carbons (Fsp3) is 0.441. The lowest BCUT2D eigenvalue weighted by atomic mass is 9.69. The van der Waals surface area contributed by atoms with Gasteiger partial charge in [-0.25, -0.2) is 4.52 Å². The van der Waals surface area contributed by atoms with Gasteiger partial charge in [-0.1, -0.05) is 62.2 Å². The van der Waals surface area contributed by atoms with Crippen LogP contribution in [0.4, 0.5) is 0 Å². The largest absolute Gasteiger partial charge is 0.481 e. The smallest absolute Gasteiger partial charge is 0.311 e. The maximum atomic E-state index is 14.3. The third-order valence-corrected chi connectivity index (χ3v) is 9.37. The van der Waals surface area contributed by atoms with Gasteiger partial charge in [-0.3, -0.25) is 14.2 Å². The molecule has 2 aliphatic rings. The Morgan fingerprint density at radius 3 is 2.51 bits per heavy atom. The van der Waals surface area contributed by atoms with Crippen LogP contribution >= 0.6 is 0 Å². The molecule has 0 unspecified atom stereocenters. The van der Waals surface area contributed by atoms with E-state index in [-0.39, 0.29) is 24.3 Å². The summed E-state index contributed by atoms with van der Waals surface area (Å²) in [6, 6.07) is 17.9. The van der Waals surface area contributed by atoms with Crippen LogP contribution in [-0.2, 0) is 22.4 Å². The maximum absolute atomic E-state index is 14.3. The van der Waals surface area contributed by atoms with Gasteiger partial charge in [-0.2, -0.15) is 15.3 Å². The van der Waals surface area contributed by atoms with Gasteiger partial charge in [0.15, 0.2) is 0 Å². The fourth-order valence-electron chi connectivity index (χ4n) is 6.69. The summed E-state index contributed by atoms with van der Waals surface area (Å²) in [5, 5.41) is 23.7. The van der Waals surface area contributed by atoms with Crippen molar-refractivity contribution in [1.82, 2.24) is 19.2 Å². The Balaban J connectivity index is 1.26. The Morgan fingerprint density at radius 1 is 1.12 bits per heavy atom. The van der Waals surface area contributed by atoms with E-state index < -0.39 is 11.4 Å². The highest BCUT2D eigenvalue weighted by Crippen LogP contribution is 2.42. The monoisotopic (exact) mass is 579 g/mol. The van der Waals surface area contributed by atoms with Gasteiger partial charge < -0.3 is 9.84 Å². The molecule has 0 bridgehead atoms. The first-order valence-corrected chi connectivity index (χ1v) is 15.3. The number of carbonyl (C=O) groups is 1. The van der Waals surface area contributed by atoms with E-state index in [1.165, 1.54) is 6.33 Å². The number of aryl methyl sites for hydroxylation is 1. The lowest BCUT2D eigenvalue weighted by Crippen LogP contribution is -2.43. The van der Waals surface area contributed by atoms with E-state index >= 15 is 0 Å². The molecular formula is C34H37N5O4. The van der Waals surface area contributed by atoms with Gasteiger partial charge in [-0.15, -0.1) is 0 Å². The molecule has 0 saturated heterocycles. The minimum absolute atomic E-state index is 0.00109. The molecule has 2 saturated carbocycles. The van der Waals surface area contributed by atoms with Crippen LogP contribution in [0.3, 0.4) is 0 Å². The van der Waals surface area contributed by atoms with E-state index in [1.54, 1.807) is 0 Å². The second-order valence-corrected chi connectivity index (χ2v) is 12.0. The second-order valence-electron chi connectivity index (χ2n) is 12.0. The number of hydrogen-bond acceptors (Lipinski definition) is 6. The van der Waals surface area contributed by atoms with E-state index in [2.05, 4.69) is 23.1 Å². The zero-order chi connectivity index (χ0) is 30.0. The molecule has 2 aromatic carbocycles. The number of hydrogen-bond donors (Lipinski definition) is 1. The highest BCUT2D eigenvalue weighted by molar-refractivity contribution is 5.75. The number of rotatable bonds is 10.